The lowest BCUT2D eigenvalue weighted by atomic mass is 10.0. The van der Waals surface area contributed by atoms with Crippen LogP contribution in [0.15, 0.2) is 109 Å². The average molecular weight is 433 g/mol. The second-order valence-corrected chi connectivity index (χ2v) is 7.60. The van der Waals surface area contributed by atoms with E-state index in [-0.39, 0.29) is 0 Å². The summed E-state index contributed by atoms with van der Waals surface area (Å²) in [5.41, 5.74) is 6.33. The van der Waals surface area contributed by atoms with Crippen molar-refractivity contribution in [1.82, 2.24) is 4.57 Å². The minimum atomic E-state index is 0.818. The molecule has 0 unspecified atom stereocenters. The molecule has 0 radical (unpaired) electrons. The van der Waals surface area contributed by atoms with Crippen molar-refractivity contribution in [3.63, 3.8) is 0 Å². The van der Waals surface area contributed by atoms with Crippen LogP contribution in [0.4, 0.5) is 0 Å². The van der Waals surface area contributed by atoms with E-state index in [1.54, 1.807) is 14.2 Å². The van der Waals surface area contributed by atoms with Crippen molar-refractivity contribution in [2.75, 3.05) is 14.2 Å². The molecule has 1 heterocycles. The van der Waals surface area contributed by atoms with Crippen LogP contribution in [0.2, 0.25) is 0 Å². The molecule has 0 spiro atoms. The van der Waals surface area contributed by atoms with Gasteiger partial charge in [0.05, 0.1) is 37.0 Å². The topological polar surface area (TPSA) is 27.3 Å². The van der Waals surface area contributed by atoms with Crippen molar-refractivity contribution in [2.24, 2.45) is 0 Å². The molecule has 0 aliphatic carbocycles. The number of aromatic nitrogens is 2. The predicted molar refractivity (Wildman–Crippen MR) is 130 cm³/mol. The summed E-state index contributed by atoms with van der Waals surface area (Å²) >= 11 is 0. The summed E-state index contributed by atoms with van der Waals surface area (Å²) < 4.78 is 15.0. The zero-order chi connectivity index (χ0) is 22.6. The van der Waals surface area contributed by atoms with E-state index in [2.05, 4.69) is 88.3 Å². The van der Waals surface area contributed by atoms with Crippen LogP contribution in [-0.4, -0.2) is 18.8 Å². The van der Waals surface area contributed by atoms with Gasteiger partial charge in [-0.05, 0) is 59.7 Å². The number of hydrogen-bond acceptors (Lipinski definition) is 2. The van der Waals surface area contributed by atoms with E-state index in [9.17, 15) is 0 Å². The fourth-order valence-corrected chi connectivity index (χ4v) is 3.97. The molecule has 4 aromatic carbocycles. The Bertz CT molecular complexity index is 1240. The molecule has 0 N–H and O–H groups in total. The van der Waals surface area contributed by atoms with Gasteiger partial charge in [-0.25, -0.2) is 0 Å². The third kappa shape index (κ3) is 3.99. The van der Waals surface area contributed by atoms with Crippen LogP contribution in [-0.2, 0) is 0 Å². The van der Waals surface area contributed by atoms with Gasteiger partial charge in [0, 0.05) is 0 Å². The molecule has 0 bridgehead atoms. The fourth-order valence-electron chi connectivity index (χ4n) is 3.97. The summed E-state index contributed by atoms with van der Waals surface area (Å²) in [5, 5.41) is 0. The van der Waals surface area contributed by atoms with Crippen molar-refractivity contribution >= 4 is 0 Å². The van der Waals surface area contributed by atoms with Crippen molar-refractivity contribution in [2.45, 2.75) is 0 Å². The summed E-state index contributed by atoms with van der Waals surface area (Å²) in [6.45, 7) is 0. The number of hydrogen-bond donors (Lipinski definition) is 0. The molecule has 0 saturated heterocycles. The lowest BCUT2D eigenvalue weighted by molar-refractivity contribution is -0.587. The van der Waals surface area contributed by atoms with Crippen LogP contribution in [0.25, 0.3) is 33.9 Å². The van der Waals surface area contributed by atoms with E-state index in [1.807, 2.05) is 36.4 Å². The van der Waals surface area contributed by atoms with Crippen LogP contribution < -0.4 is 14.0 Å². The molecule has 33 heavy (non-hydrogen) atoms. The summed E-state index contributed by atoms with van der Waals surface area (Å²) in [4.78, 5) is 0. The van der Waals surface area contributed by atoms with E-state index in [1.165, 1.54) is 0 Å². The van der Waals surface area contributed by atoms with Gasteiger partial charge in [-0.3, -0.25) is 9.13 Å². The zero-order valence-corrected chi connectivity index (χ0v) is 18.6. The van der Waals surface area contributed by atoms with E-state index >= 15 is 0 Å². The van der Waals surface area contributed by atoms with E-state index in [0.29, 0.717) is 0 Å². The first kappa shape index (κ1) is 20.6. The SMILES string of the molecule is COc1ccc(-n2[c-][n+](-c3ccc(OC)cc3)c(-c3ccccc3)c2-c2ccccc2)cc1. The number of methoxy groups -OCH3 is 2. The Hall–Kier alpha value is -4.31. The maximum absolute atomic E-state index is 5.37. The highest BCUT2D eigenvalue weighted by molar-refractivity contribution is 5.78. The largest absolute Gasteiger partial charge is 0.497 e. The Kier molecular flexibility index (Phi) is 5.64. The minimum Gasteiger partial charge on any atom is -0.497 e. The highest BCUT2D eigenvalue weighted by atomic mass is 16.5. The Morgan fingerprint density at radius 2 is 1.12 bits per heavy atom. The number of benzene rings is 4. The summed E-state index contributed by atoms with van der Waals surface area (Å²) in [6, 6.07) is 36.9. The highest BCUT2D eigenvalue weighted by Crippen LogP contribution is 2.33. The molecule has 162 valence electrons. The molecule has 0 fully saturated rings. The van der Waals surface area contributed by atoms with Gasteiger partial charge < -0.3 is 9.47 Å². The van der Waals surface area contributed by atoms with Crippen LogP contribution in [0.3, 0.4) is 0 Å². The molecule has 5 rings (SSSR count). The van der Waals surface area contributed by atoms with Crippen LogP contribution in [0.5, 0.6) is 11.5 Å². The maximum Gasteiger partial charge on any atom is 0.269 e. The Labute approximate surface area is 193 Å². The molecule has 0 saturated carbocycles. The monoisotopic (exact) mass is 432 g/mol. The second-order valence-electron chi connectivity index (χ2n) is 7.60. The lowest BCUT2D eigenvalue weighted by Gasteiger charge is -2.13. The minimum absolute atomic E-state index is 0.818. The van der Waals surface area contributed by atoms with Crippen molar-refractivity contribution in [1.29, 1.82) is 0 Å². The molecule has 0 aliphatic rings. The Balaban J connectivity index is 1.82. The Morgan fingerprint density at radius 3 is 1.67 bits per heavy atom. The quantitative estimate of drug-likeness (QED) is 0.247. The molecule has 4 heteroatoms. The second kappa shape index (κ2) is 9.05. The van der Waals surface area contributed by atoms with Gasteiger partial charge >= 0.3 is 0 Å². The van der Waals surface area contributed by atoms with Gasteiger partial charge in [0.15, 0.2) is 0 Å². The molecule has 1 aromatic heterocycles. The number of nitrogens with zero attached hydrogens (tertiary/aromatic N) is 2. The first-order chi connectivity index (χ1) is 16.3. The zero-order valence-electron chi connectivity index (χ0n) is 18.6. The first-order valence-corrected chi connectivity index (χ1v) is 10.8. The van der Waals surface area contributed by atoms with Crippen LogP contribution >= 0.6 is 0 Å². The maximum atomic E-state index is 5.37. The average Bonchev–Trinajstić information content (AvgIpc) is 3.30. The first-order valence-electron chi connectivity index (χ1n) is 10.8. The van der Waals surface area contributed by atoms with E-state index in [0.717, 1.165) is 45.4 Å². The van der Waals surface area contributed by atoms with Crippen molar-refractivity contribution in [3.05, 3.63) is 116 Å². The molecule has 0 atom stereocenters. The molecule has 0 aliphatic heterocycles. The number of rotatable bonds is 6. The van der Waals surface area contributed by atoms with Crippen LogP contribution in [0.1, 0.15) is 0 Å². The summed E-state index contributed by atoms with van der Waals surface area (Å²) in [6.07, 6.45) is 3.61. The van der Waals surface area contributed by atoms with Crippen molar-refractivity contribution in [3.8, 4) is 45.4 Å². The molecule has 4 nitrogen and oxygen atoms in total. The molecular weight excluding hydrogens is 408 g/mol. The third-order valence-electron chi connectivity index (χ3n) is 5.63. The predicted octanol–water partition coefficient (Wildman–Crippen LogP) is 5.91. The normalized spacial score (nSPS) is 10.7. The molecular formula is C29H24N2O2. The number of imidazole rings is 1. The smallest absolute Gasteiger partial charge is 0.269 e. The third-order valence-corrected chi connectivity index (χ3v) is 5.63. The van der Waals surface area contributed by atoms with E-state index in [4.69, 9.17) is 9.47 Å². The van der Waals surface area contributed by atoms with Gasteiger partial charge in [0.1, 0.15) is 11.5 Å². The summed E-state index contributed by atoms with van der Waals surface area (Å²) in [7, 11) is 3.36. The fraction of sp³-hybridized carbons (Fsp3) is 0.0690. The van der Waals surface area contributed by atoms with Gasteiger partial charge in [-0.15, -0.1) is 0 Å². The Morgan fingerprint density at radius 1 is 0.606 bits per heavy atom. The van der Waals surface area contributed by atoms with Gasteiger partial charge in [-0.2, -0.15) is 0 Å². The van der Waals surface area contributed by atoms with Crippen LogP contribution in [0, 0.1) is 6.33 Å². The van der Waals surface area contributed by atoms with Gasteiger partial charge in [0.25, 0.3) is 6.33 Å². The van der Waals surface area contributed by atoms with E-state index < -0.39 is 0 Å². The molecule has 0 amide bonds. The van der Waals surface area contributed by atoms with Gasteiger partial charge in [0.2, 0.25) is 0 Å². The standard InChI is InChI=1S/C29H24N2O2/c1-32-26-17-13-24(14-18-26)30-21-31(25-15-19-27(33-2)20-16-25)29(23-11-7-4-8-12-23)28(30)22-9-5-3-6-10-22/h3-20H,1-2H3. The highest BCUT2D eigenvalue weighted by Gasteiger charge is 2.21. The molecule has 5 aromatic rings. The van der Waals surface area contributed by atoms with Gasteiger partial charge in [-0.1, -0.05) is 60.7 Å². The lowest BCUT2D eigenvalue weighted by Crippen LogP contribution is -2.31. The number of ether oxygens (including phenoxy) is 2. The van der Waals surface area contributed by atoms with Crippen molar-refractivity contribution < 1.29 is 14.0 Å². The summed E-state index contributed by atoms with van der Waals surface area (Å²) in [5.74, 6) is 1.64.